The number of ether oxygens (including phenoxy) is 5. The average molecular weight is 479 g/mol. The summed E-state index contributed by atoms with van der Waals surface area (Å²) in [4.78, 5) is 19.6. The fourth-order valence-corrected chi connectivity index (χ4v) is 3.93. The molecule has 0 aliphatic rings. The first-order valence-corrected chi connectivity index (χ1v) is 10.9. The lowest BCUT2D eigenvalue weighted by molar-refractivity contribution is 0.0525. The predicted octanol–water partition coefficient (Wildman–Crippen LogP) is 3.75. The Hall–Kier alpha value is -4.34. The van der Waals surface area contributed by atoms with Crippen molar-refractivity contribution < 1.29 is 28.5 Å². The van der Waals surface area contributed by atoms with E-state index in [1.165, 1.54) is 4.80 Å². The minimum absolute atomic E-state index is 0.158. The summed E-state index contributed by atoms with van der Waals surface area (Å²) in [5.41, 5.74) is 2.67. The number of hydrogen-bond acceptors (Lipinski definition) is 9. The van der Waals surface area contributed by atoms with Crippen molar-refractivity contribution in [2.45, 2.75) is 13.5 Å². The van der Waals surface area contributed by atoms with Crippen molar-refractivity contribution in [1.82, 2.24) is 20.0 Å². The van der Waals surface area contributed by atoms with Gasteiger partial charge in [0.15, 0.2) is 23.0 Å². The van der Waals surface area contributed by atoms with Gasteiger partial charge < -0.3 is 23.7 Å². The minimum Gasteiger partial charge on any atom is -0.493 e. The topological polar surface area (TPSA) is 107 Å². The molecule has 2 aromatic heterocycles. The smallest absolute Gasteiger partial charge is 0.340 e. The largest absolute Gasteiger partial charge is 0.493 e. The van der Waals surface area contributed by atoms with E-state index in [1.807, 2.05) is 12.1 Å². The van der Waals surface area contributed by atoms with Gasteiger partial charge in [-0.15, -0.1) is 0 Å². The molecule has 2 heterocycles. The Morgan fingerprint density at radius 1 is 0.857 bits per heavy atom. The second-order valence-corrected chi connectivity index (χ2v) is 7.38. The number of pyridine rings is 1. The van der Waals surface area contributed by atoms with Crippen molar-refractivity contribution in [2.75, 3.05) is 35.0 Å². The zero-order chi connectivity index (χ0) is 24.9. The van der Waals surface area contributed by atoms with Crippen molar-refractivity contribution in [3.63, 3.8) is 0 Å². The second-order valence-electron chi connectivity index (χ2n) is 7.38. The van der Waals surface area contributed by atoms with Crippen LogP contribution in [0.5, 0.6) is 23.0 Å². The van der Waals surface area contributed by atoms with Crippen LogP contribution in [0.4, 0.5) is 0 Å². The molecule has 0 aliphatic carbocycles. The van der Waals surface area contributed by atoms with Gasteiger partial charge in [0, 0.05) is 17.0 Å². The molecule has 0 N–H and O–H groups in total. The molecule has 0 unspecified atom stereocenters. The molecule has 0 saturated heterocycles. The van der Waals surface area contributed by atoms with E-state index in [4.69, 9.17) is 28.7 Å². The number of carbonyl (C=O) groups is 1. The lowest BCUT2D eigenvalue weighted by Crippen LogP contribution is -2.16. The Balaban J connectivity index is 2.11. The standard InChI is InChI=1S/C25H26N4O6/c1-6-35-25(30)24-18(14-29-26-9-10-27-29)28-17-13-22(34-5)21(33-4)12-16(17)23(24)15-7-8-19(31-2)20(11-15)32-3/h7-13H,6,14H2,1-5H3. The number of carbonyl (C=O) groups excluding carboxylic acids is 1. The van der Waals surface area contributed by atoms with Crippen LogP contribution in [0, 0.1) is 0 Å². The number of benzene rings is 2. The molecule has 4 aromatic rings. The zero-order valence-electron chi connectivity index (χ0n) is 20.2. The molecule has 0 atom stereocenters. The van der Waals surface area contributed by atoms with Gasteiger partial charge in [-0.3, -0.25) is 0 Å². The van der Waals surface area contributed by atoms with Crippen molar-refractivity contribution >= 4 is 16.9 Å². The van der Waals surface area contributed by atoms with E-state index >= 15 is 0 Å². The fourth-order valence-electron chi connectivity index (χ4n) is 3.93. The zero-order valence-corrected chi connectivity index (χ0v) is 20.2. The Labute approximate surface area is 202 Å². The third-order valence-electron chi connectivity index (χ3n) is 5.47. The predicted molar refractivity (Wildman–Crippen MR) is 128 cm³/mol. The monoisotopic (exact) mass is 478 g/mol. The average Bonchev–Trinajstić information content (AvgIpc) is 3.39. The summed E-state index contributed by atoms with van der Waals surface area (Å²) < 4.78 is 27.4. The van der Waals surface area contributed by atoms with Crippen molar-refractivity contribution in [2.24, 2.45) is 0 Å². The molecule has 0 aliphatic heterocycles. The highest BCUT2D eigenvalue weighted by Gasteiger charge is 2.26. The maximum Gasteiger partial charge on any atom is 0.340 e. The Morgan fingerprint density at radius 3 is 2.11 bits per heavy atom. The van der Waals surface area contributed by atoms with Gasteiger partial charge >= 0.3 is 5.97 Å². The summed E-state index contributed by atoms with van der Waals surface area (Å²) in [5, 5.41) is 9.04. The maximum atomic E-state index is 13.4. The first kappa shape index (κ1) is 23.8. The number of rotatable bonds is 9. The number of nitrogens with zero attached hydrogens (tertiary/aromatic N) is 4. The first-order chi connectivity index (χ1) is 17.0. The lowest BCUT2D eigenvalue weighted by Gasteiger charge is -2.19. The molecule has 182 valence electrons. The van der Waals surface area contributed by atoms with Crippen LogP contribution >= 0.6 is 0 Å². The van der Waals surface area contributed by atoms with Crippen LogP contribution in [0.15, 0.2) is 42.7 Å². The molecule has 0 amide bonds. The van der Waals surface area contributed by atoms with Crippen LogP contribution in [-0.2, 0) is 11.3 Å². The second kappa shape index (κ2) is 10.3. The highest BCUT2D eigenvalue weighted by molar-refractivity contribution is 6.08. The van der Waals surface area contributed by atoms with Crippen molar-refractivity contribution in [3.05, 3.63) is 54.0 Å². The maximum absolute atomic E-state index is 13.4. The Morgan fingerprint density at radius 2 is 1.49 bits per heavy atom. The molecular formula is C25H26N4O6. The van der Waals surface area contributed by atoms with E-state index in [9.17, 15) is 4.79 Å². The number of aromatic nitrogens is 4. The summed E-state index contributed by atoms with van der Waals surface area (Å²) in [6.07, 6.45) is 3.13. The highest BCUT2D eigenvalue weighted by Crippen LogP contribution is 2.41. The summed E-state index contributed by atoms with van der Waals surface area (Å²) >= 11 is 0. The van der Waals surface area contributed by atoms with E-state index in [2.05, 4.69) is 10.2 Å². The van der Waals surface area contributed by atoms with E-state index in [1.54, 1.807) is 66.0 Å². The number of fused-ring (bicyclic) bond motifs is 1. The molecule has 35 heavy (non-hydrogen) atoms. The number of esters is 1. The van der Waals surface area contributed by atoms with Crippen LogP contribution in [0.2, 0.25) is 0 Å². The first-order valence-electron chi connectivity index (χ1n) is 10.9. The molecule has 4 rings (SSSR count). The van der Waals surface area contributed by atoms with E-state index < -0.39 is 5.97 Å². The third-order valence-corrected chi connectivity index (χ3v) is 5.47. The van der Waals surface area contributed by atoms with E-state index in [0.717, 1.165) is 0 Å². The molecule has 0 spiro atoms. The molecule has 2 aromatic carbocycles. The van der Waals surface area contributed by atoms with Crippen LogP contribution in [-0.4, -0.2) is 61.0 Å². The van der Waals surface area contributed by atoms with Crippen LogP contribution in [0.1, 0.15) is 23.0 Å². The SMILES string of the molecule is CCOC(=O)c1c(Cn2nccn2)nc2cc(OC)c(OC)cc2c1-c1ccc(OC)c(OC)c1. The van der Waals surface area contributed by atoms with Crippen LogP contribution in [0.25, 0.3) is 22.0 Å². The molecule has 0 fully saturated rings. The molecule has 0 bridgehead atoms. The van der Waals surface area contributed by atoms with Gasteiger partial charge in [-0.1, -0.05) is 6.07 Å². The summed E-state index contributed by atoms with van der Waals surface area (Å²) in [6.45, 7) is 2.12. The molecular weight excluding hydrogens is 452 g/mol. The van der Waals surface area contributed by atoms with E-state index in [0.29, 0.717) is 56.3 Å². The minimum atomic E-state index is -0.511. The van der Waals surface area contributed by atoms with Crippen LogP contribution in [0.3, 0.4) is 0 Å². The normalized spacial score (nSPS) is 10.8. The van der Waals surface area contributed by atoms with Crippen molar-refractivity contribution in [3.8, 4) is 34.1 Å². The van der Waals surface area contributed by atoms with Gasteiger partial charge in [-0.05, 0) is 30.7 Å². The molecule has 0 saturated carbocycles. The Bertz CT molecular complexity index is 1350. The van der Waals surface area contributed by atoms with E-state index in [-0.39, 0.29) is 13.2 Å². The van der Waals surface area contributed by atoms with Gasteiger partial charge in [0.05, 0.1) is 64.2 Å². The van der Waals surface area contributed by atoms with Gasteiger partial charge in [-0.25, -0.2) is 9.78 Å². The molecule has 10 heteroatoms. The molecule has 10 nitrogen and oxygen atoms in total. The number of methoxy groups -OCH3 is 4. The summed E-state index contributed by atoms with van der Waals surface area (Å²) in [5.74, 6) is 1.58. The quantitative estimate of drug-likeness (QED) is 0.332. The van der Waals surface area contributed by atoms with Gasteiger partial charge in [0.1, 0.15) is 6.54 Å². The fraction of sp³-hybridized carbons (Fsp3) is 0.280. The summed E-state index contributed by atoms with van der Waals surface area (Å²) in [7, 11) is 6.23. The van der Waals surface area contributed by atoms with Gasteiger partial charge in [-0.2, -0.15) is 15.0 Å². The van der Waals surface area contributed by atoms with Crippen LogP contribution < -0.4 is 18.9 Å². The summed E-state index contributed by atoms with van der Waals surface area (Å²) in [6, 6.07) is 9.01. The van der Waals surface area contributed by atoms with Crippen molar-refractivity contribution in [1.29, 1.82) is 0 Å². The Kier molecular flexibility index (Phi) is 7.00. The van der Waals surface area contributed by atoms with Gasteiger partial charge in [0.2, 0.25) is 0 Å². The number of hydrogen-bond donors (Lipinski definition) is 0. The third kappa shape index (κ3) is 4.54. The molecule has 0 radical (unpaired) electrons. The van der Waals surface area contributed by atoms with Gasteiger partial charge in [0.25, 0.3) is 0 Å². The highest BCUT2D eigenvalue weighted by atomic mass is 16.5. The lowest BCUT2D eigenvalue weighted by atomic mass is 9.93.